The number of allylic oxidation sites excluding steroid dienone is 2. The Morgan fingerprint density at radius 1 is 1.00 bits per heavy atom. The van der Waals surface area contributed by atoms with Gasteiger partial charge in [-0.15, -0.1) is 0 Å². The van der Waals surface area contributed by atoms with Gasteiger partial charge in [0.05, 0.1) is 5.57 Å². The number of Topliss-reactive ketones (excluding diaryl/α,β-unsaturated/α-hetero) is 3. The van der Waals surface area contributed by atoms with Gasteiger partial charge in [-0.05, 0) is 0 Å². The van der Waals surface area contributed by atoms with Gasteiger partial charge in [-0.2, -0.15) is 0 Å². The predicted octanol–water partition coefficient (Wildman–Crippen LogP) is 0.216. The van der Waals surface area contributed by atoms with Gasteiger partial charge < -0.3 is 0 Å². The minimum absolute atomic E-state index is 0.0266. The molecule has 0 N–H and O–H groups in total. The highest BCUT2D eigenvalue weighted by atomic mass is 16.2. The summed E-state index contributed by atoms with van der Waals surface area (Å²) in [4.78, 5) is 37.6. The van der Waals surface area contributed by atoms with Crippen LogP contribution in [-0.4, -0.2) is 23.6 Å². The monoisotopic (exact) mass is 177 g/mol. The Morgan fingerprint density at radius 3 is 2.38 bits per heavy atom. The average Bonchev–Trinajstić information content (AvgIpc) is 2.12. The molecule has 0 aromatic heterocycles. The van der Waals surface area contributed by atoms with E-state index in [1.54, 1.807) is 0 Å². The van der Waals surface area contributed by atoms with E-state index >= 15 is 0 Å². The summed E-state index contributed by atoms with van der Waals surface area (Å²) < 4.78 is 0. The third-order valence-electron chi connectivity index (χ3n) is 2.13. The molecule has 1 heterocycles. The van der Waals surface area contributed by atoms with Crippen LogP contribution >= 0.6 is 0 Å². The smallest absolute Gasteiger partial charge is 0.182 e. The van der Waals surface area contributed by atoms with Crippen LogP contribution in [0.25, 0.3) is 0 Å². The summed E-state index contributed by atoms with van der Waals surface area (Å²) in [5.74, 6) is -0.710. The van der Waals surface area contributed by atoms with E-state index in [2.05, 4.69) is 4.99 Å². The molecule has 2 aliphatic rings. The van der Waals surface area contributed by atoms with E-state index < -0.39 is 0 Å². The molecule has 13 heavy (non-hydrogen) atoms. The minimum Gasteiger partial charge on any atom is -0.294 e. The van der Waals surface area contributed by atoms with E-state index in [0.717, 1.165) is 0 Å². The Bertz CT molecular complexity index is 374. The Labute approximate surface area is 74.3 Å². The van der Waals surface area contributed by atoms with E-state index in [-0.39, 0.29) is 47.9 Å². The molecule has 0 radical (unpaired) electrons. The van der Waals surface area contributed by atoms with Crippen LogP contribution in [0.3, 0.4) is 0 Å². The molecule has 2 rings (SSSR count). The van der Waals surface area contributed by atoms with Gasteiger partial charge in [-0.25, -0.2) is 0 Å². The third kappa shape index (κ3) is 1.14. The van der Waals surface area contributed by atoms with Crippen LogP contribution in [0.1, 0.15) is 19.3 Å². The maximum absolute atomic E-state index is 11.3. The number of nitrogens with zero attached hydrogens (tertiary/aromatic N) is 1. The van der Waals surface area contributed by atoms with Gasteiger partial charge >= 0.3 is 0 Å². The second-order valence-corrected chi connectivity index (χ2v) is 3.01. The van der Waals surface area contributed by atoms with E-state index in [1.807, 2.05) is 0 Å². The molecule has 0 aromatic rings. The molecule has 66 valence electrons. The molecule has 0 bridgehead atoms. The molecule has 4 nitrogen and oxygen atoms in total. The zero-order valence-electron chi connectivity index (χ0n) is 6.87. The quantitative estimate of drug-likeness (QED) is 0.497. The number of carbonyl (C=O) groups is 3. The number of carbonyl (C=O) groups excluding carboxylic acids is 3. The van der Waals surface area contributed by atoms with E-state index in [4.69, 9.17) is 0 Å². The van der Waals surface area contributed by atoms with Crippen molar-refractivity contribution in [2.24, 2.45) is 4.99 Å². The van der Waals surface area contributed by atoms with Crippen LogP contribution in [0.15, 0.2) is 16.3 Å². The Kier molecular flexibility index (Phi) is 1.69. The number of hydrogen-bond donors (Lipinski definition) is 0. The molecule has 0 amide bonds. The Morgan fingerprint density at radius 2 is 1.69 bits per heavy atom. The van der Waals surface area contributed by atoms with E-state index in [0.29, 0.717) is 0 Å². The fraction of sp³-hybridized carbons (Fsp3) is 0.333. The van der Waals surface area contributed by atoms with Crippen molar-refractivity contribution in [3.8, 4) is 0 Å². The van der Waals surface area contributed by atoms with E-state index in [1.165, 1.54) is 6.21 Å². The molecule has 1 aliphatic heterocycles. The van der Waals surface area contributed by atoms with Gasteiger partial charge in [0.2, 0.25) is 0 Å². The van der Waals surface area contributed by atoms with Crippen LogP contribution in [0.5, 0.6) is 0 Å². The fourth-order valence-electron chi connectivity index (χ4n) is 1.49. The number of rotatable bonds is 0. The highest BCUT2D eigenvalue weighted by molar-refractivity contribution is 6.30. The maximum Gasteiger partial charge on any atom is 0.182 e. The van der Waals surface area contributed by atoms with Gasteiger partial charge in [0.15, 0.2) is 17.3 Å². The highest BCUT2D eigenvalue weighted by Crippen LogP contribution is 2.23. The topological polar surface area (TPSA) is 63.6 Å². The lowest BCUT2D eigenvalue weighted by atomic mass is 9.89. The van der Waals surface area contributed by atoms with Gasteiger partial charge in [-0.3, -0.25) is 19.4 Å². The normalized spacial score (nSPS) is 22.3. The summed E-state index contributed by atoms with van der Waals surface area (Å²) in [5.41, 5.74) is 0.103. The second kappa shape index (κ2) is 2.73. The molecule has 0 aromatic carbocycles. The Hall–Kier alpha value is -1.58. The summed E-state index contributed by atoms with van der Waals surface area (Å²) in [6.45, 7) is 0. The zero-order chi connectivity index (χ0) is 9.42. The number of aliphatic imine (C=N–C) groups is 1. The van der Waals surface area contributed by atoms with Crippen molar-refractivity contribution in [1.29, 1.82) is 0 Å². The van der Waals surface area contributed by atoms with Crippen LogP contribution < -0.4 is 0 Å². The summed E-state index contributed by atoms with van der Waals surface area (Å²) in [7, 11) is 0. The fourth-order valence-corrected chi connectivity index (χ4v) is 1.49. The standard InChI is InChI=1S/C9H7NO3/c11-5-1-2-7(13)9-8(5)6(12)3-4-10-9/h4H,1-3H2. The first-order valence-electron chi connectivity index (χ1n) is 4.06. The van der Waals surface area contributed by atoms with Gasteiger partial charge in [0.25, 0.3) is 0 Å². The first-order chi connectivity index (χ1) is 6.20. The summed E-state index contributed by atoms with van der Waals surface area (Å²) in [6, 6.07) is 0. The van der Waals surface area contributed by atoms with Crippen molar-refractivity contribution in [3.63, 3.8) is 0 Å². The molecular formula is C9H7NO3. The summed E-state index contributed by atoms with van der Waals surface area (Å²) in [5, 5.41) is 0. The minimum atomic E-state index is -0.275. The van der Waals surface area contributed by atoms with E-state index in [9.17, 15) is 14.4 Å². The lowest BCUT2D eigenvalue weighted by molar-refractivity contribution is -0.125. The van der Waals surface area contributed by atoms with Crippen molar-refractivity contribution < 1.29 is 14.4 Å². The van der Waals surface area contributed by atoms with Gasteiger partial charge in [-0.1, -0.05) is 0 Å². The highest BCUT2D eigenvalue weighted by Gasteiger charge is 2.32. The van der Waals surface area contributed by atoms with Crippen molar-refractivity contribution in [1.82, 2.24) is 0 Å². The maximum atomic E-state index is 11.3. The van der Waals surface area contributed by atoms with Crippen LogP contribution in [0.4, 0.5) is 0 Å². The first-order valence-corrected chi connectivity index (χ1v) is 4.06. The molecule has 0 saturated carbocycles. The summed E-state index contributed by atoms with van der Waals surface area (Å²) >= 11 is 0. The average molecular weight is 177 g/mol. The zero-order valence-corrected chi connectivity index (χ0v) is 6.87. The molecule has 0 atom stereocenters. The van der Waals surface area contributed by atoms with Crippen LogP contribution in [0, 0.1) is 0 Å². The molecule has 4 heteroatoms. The molecule has 0 unspecified atom stereocenters. The lowest BCUT2D eigenvalue weighted by Crippen LogP contribution is -2.26. The van der Waals surface area contributed by atoms with Crippen LogP contribution in [0.2, 0.25) is 0 Å². The second-order valence-electron chi connectivity index (χ2n) is 3.01. The molecule has 0 saturated heterocycles. The SMILES string of the molecule is O=C1CCC(=O)C2=C1N=CCC2=O. The van der Waals surface area contributed by atoms with Crippen molar-refractivity contribution >= 4 is 23.6 Å². The molecule has 0 fully saturated rings. The molecular weight excluding hydrogens is 170 g/mol. The van der Waals surface area contributed by atoms with Crippen molar-refractivity contribution in [2.45, 2.75) is 19.3 Å². The largest absolute Gasteiger partial charge is 0.294 e. The molecule has 1 aliphatic carbocycles. The number of ketones is 3. The Balaban J connectivity index is 2.58. The summed E-state index contributed by atoms with van der Waals surface area (Å²) in [6.07, 6.45) is 1.86. The third-order valence-corrected chi connectivity index (χ3v) is 2.13. The van der Waals surface area contributed by atoms with Gasteiger partial charge in [0, 0.05) is 25.5 Å². The first kappa shape index (κ1) is 8.04. The van der Waals surface area contributed by atoms with Crippen molar-refractivity contribution in [3.05, 3.63) is 11.3 Å². The lowest BCUT2D eigenvalue weighted by Gasteiger charge is -2.16. The number of hydrogen-bond acceptors (Lipinski definition) is 4. The van der Waals surface area contributed by atoms with Gasteiger partial charge in [0.1, 0.15) is 5.70 Å². The van der Waals surface area contributed by atoms with Crippen molar-refractivity contribution in [2.75, 3.05) is 0 Å². The molecule has 0 spiro atoms. The predicted molar refractivity (Wildman–Crippen MR) is 44.4 cm³/mol. The van der Waals surface area contributed by atoms with Crippen LogP contribution in [-0.2, 0) is 14.4 Å².